The number of hydrogen-bond donors (Lipinski definition) is 0. The van der Waals surface area contributed by atoms with Crippen molar-refractivity contribution >= 4 is 10.8 Å². The summed E-state index contributed by atoms with van der Waals surface area (Å²) in [4.78, 5) is 16.2. The second-order valence-corrected chi connectivity index (χ2v) is 17.4. The quantitative estimate of drug-likeness (QED) is 0.160. The average Bonchev–Trinajstić information content (AvgIpc) is 3.87. The third-order valence-corrected chi connectivity index (χ3v) is 14.1. The molecule has 3 nitrogen and oxygen atoms in total. The van der Waals surface area contributed by atoms with Crippen LogP contribution in [0.1, 0.15) is 44.5 Å². The molecule has 10 aromatic carbocycles. The molecule has 0 aliphatic heterocycles. The molecule has 11 aromatic rings. The first-order valence-corrected chi connectivity index (χ1v) is 22.7. The van der Waals surface area contributed by atoms with E-state index in [9.17, 15) is 0 Å². The molecule has 0 unspecified atom stereocenters. The summed E-state index contributed by atoms with van der Waals surface area (Å²) in [5.41, 5.74) is 16.4. The van der Waals surface area contributed by atoms with E-state index in [0.717, 1.165) is 22.1 Å². The van der Waals surface area contributed by atoms with Crippen LogP contribution in [0, 0.1) is 0 Å². The normalized spacial score (nSPS) is 13.7. The molecule has 3 heteroatoms. The Bertz CT molecular complexity index is 3360. The Morgan fingerprint density at radius 2 is 0.545 bits per heavy atom. The van der Waals surface area contributed by atoms with E-state index in [1.54, 1.807) is 0 Å². The monoisotopic (exact) mass is 839 g/mol. The Hall–Kier alpha value is -8.53. The Kier molecular flexibility index (Phi) is 8.66. The van der Waals surface area contributed by atoms with Crippen molar-refractivity contribution in [1.29, 1.82) is 0 Å². The van der Waals surface area contributed by atoms with E-state index in [1.165, 1.54) is 72.1 Å². The summed E-state index contributed by atoms with van der Waals surface area (Å²) in [5.74, 6) is 1.87. The van der Waals surface area contributed by atoms with Crippen molar-refractivity contribution in [3.8, 4) is 56.4 Å². The Labute approximate surface area is 384 Å². The molecule has 2 aliphatic rings. The Morgan fingerprint density at radius 1 is 0.227 bits per heavy atom. The number of hydrogen-bond acceptors (Lipinski definition) is 3. The Morgan fingerprint density at radius 3 is 0.970 bits per heavy atom. The van der Waals surface area contributed by atoms with Gasteiger partial charge >= 0.3 is 0 Å². The highest BCUT2D eigenvalue weighted by atomic mass is 15.0. The van der Waals surface area contributed by atoms with Gasteiger partial charge in [0.2, 0.25) is 0 Å². The third-order valence-electron chi connectivity index (χ3n) is 14.1. The molecule has 0 amide bonds. The van der Waals surface area contributed by atoms with E-state index in [2.05, 4.69) is 249 Å². The lowest BCUT2D eigenvalue weighted by Crippen LogP contribution is -2.28. The third kappa shape index (κ3) is 5.60. The fourth-order valence-corrected chi connectivity index (χ4v) is 11.3. The standard InChI is InChI=1S/C63H41N3/c1-5-21-47(22-6-1)62(48-23-7-2-8-24-48)55-31-17-15-29-51(55)53-37-35-45(40-57(53)62)60-64-59(44-34-33-42-19-13-14-20-43(42)39-44)65-61(66-60)46-36-38-54-52-30-16-18-32-56(52)63(58(54)41-46,49-25-9-3-10-26-49)50-27-11-4-12-28-50/h1-41H. The van der Waals surface area contributed by atoms with Gasteiger partial charge in [-0.1, -0.05) is 231 Å². The summed E-state index contributed by atoms with van der Waals surface area (Å²) in [6.07, 6.45) is 0. The largest absolute Gasteiger partial charge is 0.208 e. The van der Waals surface area contributed by atoms with Crippen molar-refractivity contribution in [1.82, 2.24) is 15.0 Å². The first kappa shape index (κ1) is 38.0. The first-order valence-electron chi connectivity index (χ1n) is 22.7. The van der Waals surface area contributed by atoms with Crippen molar-refractivity contribution in [2.75, 3.05) is 0 Å². The summed E-state index contributed by atoms with van der Waals surface area (Å²) >= 11 is 0. The van der Waals surface area contributed by atoms with Gasteiger partial charge in [-0.3, -0.25) is 0 Å². The molecule has 0 atom stereocenters. The molecule has 0 saturated carbocycles. The van der Waals surface area contributed by atoms with E-state index >= 15 is 0 Å². The maximum Gasteiger partial charge on any atom is 0.164 e. The molecule has 308 valence electrons. The summed E-state index contributed by atoms with van der Waals surface area (Å²) < 4.78 is 0. The lowest BCUT2D eigenvalue weighted by Gasteiger charge is -2.34. The van der Waals surface area contributed by atoms with Crippen LogP contribution in [0.15, 0.2) is 249 Å². The molecular weight excluding hydrogens is 799 g/mol. The molecule has 0 spiro atoms. The Balaban J connectivity index is 1.06. The smallest absolute Gasteiger partial charge is 0.164 e. The molecule has 1 aromatic heterocycles. The van der Waals surface area contributed by atoms with E-state index in [-0.39, 0.29) is 0 Å². The van der Waals surface area contributed by atoms with Crippen molar-refractivity contribution in [2.24, 2.45) is 0 Å². The van der Waals surface area contributed by atoms with E-state index in [0.29, 0.717) is 17.5 Å². The van der Waals surface area contributed by atoms with Crippen LogP contribution in [0.4, 0.5) is 0 Å². The zero-order valence-corrected chi connectivity index (χ0v) is 36.0. The van der Waals surface area contributed by atoms with Gasteiger partial charge in [-0.15, -0.1) is 0 Å². The molecule has 2 aliphatic carbocycles. The maximum atomic E-state index is 5.48. The minimum atomic E-state index is -0.561. The molecule has 1 heterocycles. The van der Waals surface area contributed by atoms with Gasteiger partial charge < -0.3 is 0 Å². The maximum absolute atomic E-state index is 5.48. The zero-order valence-electron chi connectivity index (χ0n) is 36.0. The molecule has 0 fully saturated rings. The van der Waals surface area contributed by atoms with Gasteiger partial charge in [0, 0.05) is 16.7 Å². The molecule has 0 N–H and O–H groups in total. The van der Waals surface area contributed by atoms with Crippen LogP contribution in [0.3, 0.4) is 0 Å². The average molecular weight is 840 g/mol. The van der Waals surface area contributed by atoms with Gasteiger partial charge in [0.25, 0.3) is 0 Å². The number of aromatic nitrogens is 3. The van der Waals surface area contributed by atoms with Gasteiger partial charge in [0.1, 0.15) is 0 Å². The van der Waals surface area contributed by atoms with Crippen LogP contribution in [0.25, 0.3) is 67.2 Å². The molecule has 66 heavy (non-hydrogen) atoms. The summed E-state index contributed by atoms with van der Waals surface area (Å²) in [5, 5.41) is 2.30. The highest BCUT2D eigenvalue weighted by Crippen LogP contribution is 2.58. The first-order chi connectivity index (χ1) is 32.7. The van der Waals surface area contributed by atoms with Crippen LogP contribution in [0.5, 0.6) is 0 Å². The van der Waals surface area contributed by atoms with Crippen molar-refractivity contribution < 1.29 is 0 Å². The highest BCUT2D eigenvalue weighted by Gasteiger charge is 2.47. The van der Waals surface area contributed by atoms with Gasteiger partial charge in [-0.2, -0.15) is 0 Å². The lowest BCUT2D eigenvalue weighted by molar-refractivity contribution is 0.768. The molecule has 0 radical (unpaired) electrons. The molecule has 13 rings (SSSR count). The van der Waals surface area contributed by atoms with Crippen molar-refractivity contribution in [3.63, 3.8) is 0 Å². The second-order valence-electron chi connectivity index (χ2n) is 17.4. The van der Waals surface area contributed by atoms with Gasteiger partial charge in [-0.05, 0) is 95.7 Å². The number of rotatable bonds is 7. The van der Waals surface area contributed by atoms with Crippen LogP contribution in [-0.2, 0) is 10.8 Å². The molecular formula is C63H41N3. The number of nitrogens with zero attached hydrogens (tertiary/aromatic N) is 3. The second kappa shape index (κ2) is 15.0. The SMILES string of the molecule is c1ccc(C2(c3ccccc3)c3ccccc3-c3ccc(-c4nc(-c5ccc6c(c5)C(c5ccccc5)(c5ccccc5)c5ccccc5-6)nc(-c5ccc6ccccc6c5)n4)cc32)cc1. The topological polar surface area (TPSA) is 38.7 Å². The minimum Gasteiger partial charge on any atom is -0.208 e. The number of benzene rings is 10. The van der Waals surface area contributed by atoms with E-state index in [4.69, 9.17) is 15.0 Å². The zero-order chi connectivity index (χ0) is 43.7. The summed E-state index contributed by atoms with van der Waals surface area (Å²) in [6, 6.07) is 90.0. The van der Waals surface area contributed by atoms with Crippen LogP contribution < -0.4 is 0 Å². The van der Waals surface area contributed by atoms with Crippen molar-refractivity contribution in [3.05, 3.63) is 293 Å². The van der Waals surface area contributed by atoms with Gasteiger partial charge in [0.15, 0.2) is 17.5 Å². The predicted molar refractivity (Wildman–Crippen MR) is 268 cm³/mol. The van der Waals surface area contributed by atoms with Crippen LogP contribution >= 0.6 is 0 Å². The molecule has 0 bridgehead atoms. The fourth-order valence-electron chi connectivity index (χ4n) is 11.3. The lowest BCUT2D eigenvalue weighted by atomic mass is 9.67. The van der Waals surface area contributed by atoms with E-state index < -0.39 is 10.8 Å². The fraction of sp³-hybridized carbons (Fsp3) is 0.0317. The van der Waals surface area contributed by atoms with Gasteiger partial charge in [0.05, 0.1) is 10.8 Å². The van der Waals surface area contributed by atoms with Crippen molar-refractivity contribution in [2.45, 2.75) is 10.8 Å². The van der Waals surface area contributed by atoms with Crippen LogP contribution in [-0.4, -0.2) is 15.0 Å². The van der Waals surface area contributed by atoms with E-state index in [1.807, 2.05) is 0 Å². The van der Waals surface area contributed by atoms with Crippen LogP contribution in [0.2, 0.25) is 0 Å². The predicted octanol–water partition coefficient (Wildman–Crippen LogP) is 14.8. The highest BCUT2D eigenvalue weighted by molar-refractivity contribution is 5.91. The van der Waals surface area contributed by atoms with Gasteiger partial charge in [-0.25, -0.2) is 15.0 Å². The minimum absolute atomic E-state index is 0.561. The number of fused-ring (bicyclic) bond motifs is 7. The summed E-state index contributed by atoms with van der Waals surface area (Å²) in [6.45, 7) is 0. The molecule has 0 saturated heterocycles. The summed E-state index contributed by atoms with van der Waals surface area (Å²) in [7, 11) is 0.